The van der Waals surface area contributed by atoms with Crippen molar-refractivity contribution in [3.8, 4) is 17.5 Å². The smallest absolute Gasteiger partial charge is 0.316 e. The predicted octanol–water partition coefficient (Wildman–Crippen LogP) is 3.02. The van der Waals surface area contributed by atoms with Gasteiger partial charge in [-0.3, -0.25) is 4.79 Å². The van der Waals surface area contributed by atoms with Crippen LogP contribution in [0.1, 0.15) is 36.0 Å². The Morgan fingerprint density at radius 1 is 1.11 bits per heavy atom. The molecule has 4 rings (SSSR count). The largest absolute Gasteiger partial charge is 0.486 e. The van der Waals surface area contributed by atoms with E-state index in [0.29, 0.717) is 41.3 Å². The molecule has 0 radical (unpaired) electrons. The first-order valence-corrected chi connectivity index (χ1v) is 9.40. The average molecular weight is 390 g/mol. The number of fused-ring (bicyclic) bond motifs is 1. The molecular formula is C19H20ClN3O4. The number of rotatable bonds is 4. The van der Waals surface area contributed by atoms with Gasteiger partial charge in [-0.1, -0.05) is 17.7 Å². The number of carbonyl (C=O) groups is 1. The molecule has 0 saturated heterocycles. The minimum atomic E-state index is -0.136. The van der Waals surface area contributed by atoms with Gasteiger partial charge < -0.3 is 19.5 Å². The lowest BCUT2D eigenvalue weighted by Gasteiger charge is -2.29. The minimum absolute atomic E-state index is 0.0422. The van der Waals surface area contributed by atoms with Crippen molar-refractivity contribution in [2.45, 2.75) is 37.8 Å². The van der Waals surface area contributed by atoms with Crippen molar-refractivity contribution in [2.24, 2.45) is 0 Å². The van der Waals surface area contributed by atoms with E-state index < -0.39 is 0 Å². The van der Waals surface area contributed by atoms with Crippen LogP contribution in [0, 0.1) is 0 Å². The fourth-order valence-corrected chi connectivity index (χ4v) is 3.45. The Morgan fingerprint density at radius 3 is 2.63 bits per heavy atom. The molecule has 1 fully saturated rings. The number of halogens is 1. The third-order valence-electron chi connectivity index (χ3n) is 4.69. The average Bonchev–Trinajstić information content (AvgIpc) is 2.71. The van der Waals surface area contributed by atoms with Gasteiger partial charge in [0.25, 0.3) is 5.91 Å². The summed E-state index contributed by atoms with van der Waals surface area (Å²) in [6, 6.07) is 5.81. The standard InChI is InChI=1S/C19H20ClN3O4/c20-12-10-21-19(22-11-12)27-14-6-4-13(5-7-14)23-18(24)15-2-1-3-16-17(15)26-9-8-25-16/h1-3,10-11,13-14H,4-9H2,(H,23,24). The summed E-state index contributed by atoms with van der Waals surface area (Å²) in [4.78, 5) is 20.8. The van der Waals surface area contributed by atoms with Gasteiger partial charge in [-0.2, -0.15) is 0 Å². The van der Waals surface area contributed by atoms with Crippen molar-refractivity contribution in [2.75, 3.05) is 13.2 Å². The highest BCUT2D eigenvalue weighted by atomic mass is 35.5. The molecule has 1 aromatic heterocycles. The SMILES string of the molecule is O=C(NC1CCC(Oc2ncc(Cl)cn2)CC1)c1cccc2c1OCCO2. The lowest BCUT2D eigenvalue weighted by molar-refractivity contribution is 0.0875. The quantitative estimate of drug-likeness (QED) is 0.865. The molecule has 0 spiro atoms. The van der Waals surface area contributed by atoms with Crippen LogP contribution >= 0.6 is 11.6 Å². The van der Waals surface area contributed by atoms with Crippen molar-refractivity contribution in [1.29, 1.82) is 0 Å². The third kappa shape index (κ3) is 4.24. The van der Waals surface area contributed by atoms with Gasteiger partial charge in [0.1, 0.15) is 19.3 Å². The Bertz CT molecular complexity index is 807. The molecule has 0 bridgehead atoms. The van der Waals surface area contributed by atoms with Crippen LogP contribution in [-0.4, -0.2) is 41.2 Å². The lowest BCUT2D eigenvalue weighted by atomic mass is 9.92. The molecule has 8 heteroatoms. The maximum absolute atomic E-state index is 12.7. The Morgan fingerprint density at radius 2 is 1.85 bits per heavy atom. The number of amides is 1. The molecule has 1 aliphatic carbocycles. The van der Waals surface area contributed by atoms with Crippen LogP contribution < -0.4 is 19.5 Å². The molecule has 142 valence electrons. The van der Waals surface area contributed by atoms with Crippen LogP contribution in [0.15, 0.2) is 30.6 Å². The van der Waals surface area contributed by atoms with Gasteiger partial charge in [-0.25, -0.2) is 9.97 Å². The van der Waals surface area contributed by atoms with E-state index in [0.717, 1.165) is 25.7 Å². The summed E-state index contributed by atoms with van der Waals surface area (Å²) in [5.74, 6) is 1.01. The van der Waals surface area contributed by atoms with Gasteiger partial charge in [-0.15, -0.1) is 0 Å². The fraction of sp³-hybridized carbons (Fsp3) is 0.421. The van der Waals surface area contributed by atoms with E-state index >= 15 is 0 Å². The molecule has 1 N–H and O–H groups in total. The van der Waals surface area contributed by atoms with Crippen molar-refractivity contribution in [1.82, 2.24) is 15.3 Å². The zero-order valence-corrected chi connectivity index (χ0v) is 15.4. The second-order valence-corrected chi connectivity index (χ2v) is 7.01. The van der Waals surface area contributed by atoms with Gasteiger partial charge in [0, 0.05) is 6.04 Å². The van der Waals surface area contributed by atoms with Crippen LogP contribution in [-0.2, 0) is 0 Å². The number of hydrogen-bond donors (Lipinski definition) is 1. The van der Waals surface area contributed by atoms with E-state index in [-0.39, 0.29) is 18.1 Å². The molecule has 1 amide bonds. The van der Waals surface area contributed by atoms with Gasteiger partial charge in [-0.05, 0) is 37.8 Å². The Labute approximate surface area is 162 Å². The van der Waals surface area contributed by atoms with Crippen molar-refractivity contribution in [3.05, 3.63) is 41.2 Å². The number of para-hydroxylation sites is 1. The second kappa shape index (κ2) is 8.00. The number of nitrogens with zero attached hydrogens (tertiary/aromatic N) is 2. The topological polar surface area (TPSA) is 82.6 Å². The summed E-state index contributed by atoms with van der Waals surface area (Å²) in [6.07, 6.45) is 6.38. The van der Waals surface area contributed by atoms with Crippen LogP contribution in [0.25, 0.3) is 0 Å². The Balaban J connectivity index is 1.31. The molecule has 0 atom stereocenters. The highest BCUT2D eigenvalue weighted by Gasteiger charge is 2.26. The number of aromatic nitrogens is 2. The number of benzene rings is 1. The number of ether oxygens (including phenoxy) is 3. The molecule has 0 unspecified atom stereocenters. The number of nitrogens with one attached hydrogen (secondary N) is 1. The summed E-state index contributed by atoms with van der Waals surface area (Å²) >= 11 is 5.78. The fourth-order valence-electron chi connectivity index (χ4n) is 3.35. The third-order valence-corrected chi connectivity index (χ3v) is 4.88. The number of hydrogen-bond acceptors (Lipinski definition) is 6. The summed E-state index contributed by atoms with van der Waals surface area (Å²) in [5, 5.41) is 3.58. The summed E-state index contributed by atoms with van der Waals surface area (Å²) < 4.78 is 17.0. The van der Waals surface area contributed by atoms with Crippen LogP contribution in [0.4, 0.5) is 0 Å². The van der Waals surface area contributed by atoms with Crippen LogP contribution in [0.5, 0.6) is 17.5 Å². The molecule has 2 aliphatic rings. The number of carbonyl (C=O) groups excluding carboxylic acids is 1. The van der Waals surface area contributed by atoms with E-state index in [4.69, 9.17) is 25.8 Å². The highest BCUT2D eigenvalue weighted by molar-refractivity contribution is 6.30. The molecule has 2 aromatic rings. The van der Waals surface area contributed by atoms with Crippen molar-refractivity contribution < 1.29 is 19.0 Å². The summed E-state index contributed by atoms with van der Waals surface area (Å²) in [5.41, 5.74) is 0.514. The van der Waals surface area contributed by atoms with Crippen molar-refractivity contribution in [3.63, 3.8) is 0 Å². The summed E-state index contributed by atoms with van der Waals surface area (Å²) in [6.45, 7) is 0.950. The van der Waals surface area contributed by atoms with E-state index in [9.17, 15) is 4.79 Å². The van der Waals surface area contributed by atoms with Crippen LogP contribution in [0.3, 0.4) is 0 Å². The zero-order chi connectivity index (χ0) is 18.6. The lowest BCUT2D eigenvalue weighted by Crippen LogP contribution is -2.40. The molecule has 7 nitrogen and oxygen atoms in total. The van der Waals surface area contributed by atoms with Gasteiger partial charge in [0.05, 0.1) is 23.0 Å². The summed E-state index contributed by atoms with van der Waals surface area (Å²) in [7, 11) is 0. The van der Waals surface area contributed by atoms with E-state index in [2.05, 4.69) is 15.3 Å². The van der Waals surface area contributed by atoms with Gasteiger partial charge >= 0.3 is 6.01 Å². The van der Waals surface area contributed by atoms with Crippen LogP contribution in [0.2, 0.25) is 5.02 Å². The molecule has 1 aliphatic heterocycles. The maximum Gasteiger partial charge on any atom is 0.316 e. The van der Waals surface area contributed by atoms with Gasteiger partial charge in [0.2, 0.25) is 0 Å². The van der Waals surface area contributed by atoms with Gasteiger partial charge in [0.15, 0.2) is 11.5 Å². The van der Waals surface area contributed by atoms with E-state index in [1.54, 1.807) is 12.1 Å². The normalized spacial score (nSPS) is 21.4. The highest BCUT2D eigenvalue weighted by Crippen LogP contribution is 2.34. The van der Waals surface area contributed by atoms with E-state index in [1.165, 1.54) is 12.4 Å². The molecule has 1 saturated carbocycles. The molecular weight excluding hydrogens is 370 g/mol. The first-order chi connectivity index (χ1) is 13.2. The Kier molecular flexibility index (Phi) is 5.29. The first-order valence-electron chi connectivity index (χ1n) is 9.03. The molecule has 27 heavy (non-hydrogen) atoms. The van der Waals surface area contributed by atoms with Crippen molar-refractivity contribution >= 4 is 17.5 Å². The first kappa shape index (κ1) is 17.9. The van der Waals surface area contributed by atoms with E-state index in [1.807, 2.05) is 6.07 Å². The second-order valence-electron chi connectivity index (χ2n) is 6.58. The maximum atomic E-state index is 12.7. The Hall–Kier alpha value is -2.54. The monoisotopic (exact) mass is 389 g/mol. The molecule has 2 heterocycles. The molecule has 1 aromatic carbocycles. The predicted molar refractivity (Wildman–Crippen MR) is 98.6 cm³/mol. The zero-order valence-electron chi connectivity index (χ0n) is 14.7. The minimum Gasteiger partial charge on any atom is -0.486 e.